The van der Waals surface area contributed by atoms with E-state index in [2.05, 4.69) is 0 Å². The van der Waals surface area contributed by atoms with Crippen LogP contribution in [0.4, 0.5) is 0 Å². The molecule has 2 unspecified atom stereocenters. The Hall–Kier alpha value is -0.970. The van der Waals surface area contributed by atoms with E-state index in [1.165, 1.54) is 0 Å². The molecular formula is C13H14Cl2N2O2. The van der Waals surface area contributed by atoms with Gasteiger partial charge in [0.15, 0.2) is 0 Å². The van der Waals surface area contributed by atoms with Gasteiger partial charge in [-0.25, -0.2) is 0 Å². The molecule has 19 heavy (non-hydrogen) atoms. The van der Waals surface area contributed by atoms with Gasteiger partial charge in [0, 0.05) is 24.1 Å². The molecule has 2 heterocycles. The smallest absolute Gasteiger partial charge is 0.239 e. The number of benzene rings is 1. The predicted molar refractivity (Wildman–Crippen MR) is 73.6 cm³/mol. The molecule has 2 saturated heterocycles. The second-order valence-corrected chi connectivity index (χ2v) is 6.00. The van der Waals surface area contributed by atoms with Gasteiger partial charge in [0.1, 0.15) is 5.75 Å². The standard InChI is InChI=1S/C13H14Cl2N2O2/c14-8-1-2-10(18)11(12(8)15)6-3-7-4-9(16)13(19)17(7)5-6/h1-2,6-7,9,18H,3-5,16H2/t6-,7?,9?/m0/s1. The van der Waals surface area contributed by atoms with Crippen LogP contribution in [0.25, 0.3) is 0 Å². The molecule has 2 fully saturated rings. The zero-order valence-corrected chi connectivity index (χ0v) is 11.7. The number of phenolic OH excluding ortho intramolecular Hbond substituents is 1. The minimum absolute atomic E-state index is 0.00913. The third kappa shape index (κ3) is 1.98. The topological polar surface area (TPSA) is 66.6 Å². The maximum absolute atomic E-state index is 11.9. The van der Waals surface area contributed by atoms with Crippen molar-refractivity contribution >= 4 is 29.1 Å². The van der Waals surface area contributed by atoms with Crippen molar-refractivity contribution in [2.75, 3.05) is 6.54 Å². The van der Waals surface area contributed by atoms with Crippen molar-refractivity contribution in [3.8, 4) is 5.75 Å². The Morgan fingerprint density at radius 2 is 2.05 bits per heavy atom. The molecule has 0 radical (unpaired) electrons. The first kappa shape index (κ1) is 13.0. The molecule has 3 rings (SSSR count). The van der Waals surface area contributed by atoms with E-state index in [4.69, 9.17) is 28.9 Å². The summed E-state index contributed by atoms with van der Waals surface area (Å²) in [7, 11) is 0. The Morgan fingerprint density at radius 1 is 1.32 bits per heavy atom. The number of carbonyl (C=O) groups is 1. The number of halogens is 2. The fourth-order valence-electron chi connectivity index (χ4n) is 3.17. The summed E-state index contributed by atoms with van der Waals surface area (Å²) >= 11 is 12.2. The van der Waals surface area contributed by atoms with Crippen LogP contribution >= 0.6 is 23.2 Å². The molecule has 1 aromatic rings. The zero-order valence-electron chi connectivity index (χ0n) is 10.1. The van der Waals surface area contributed by atoms with E-state index in [1.807, 2.05) is 0 Å². The molecule has 102 valence electrons. The lowest BCUT2D eigenvalue weighted by Gasteiger charge is -2.17. The van der Waals surface area contributed by atoms with Crippen LogP contribution in [-0.4, -0.2) is 34.5 Å². The molecule has 2 aliphatic heterocycles. The molecule has 4 nitrogen and oxygen atoms in total. The van der Waals surface area contributed by atoms with Gasteiger partial charge in [-0.2, -0.15) is 0 Å². The summed E-state index contributed by atoms with van der Waals surface area (Å²) in [5, 5.41) is 10.8. The van der Waals surface area contributed by atoms with E-state index >= 15 is 0 Å². The zero-order chi connectivity index (χ0) is 13.7. The minimum Gasteiger partial charge on any atom is -0.508 e. The number of hydrogen-bond donors (Lipinski definition) is 2. The van der Waals surface area contributed by atoms with E-state index in [9.17, 15) is 9.90 Å². The predicted octanol–water partition coefficient (Wildman–Crippen LogP) is 2.11. The minimum atomic E-state index is -0.380. The highest BCUT2D eigenvalue weighted by molar-refractivity contribution is 6.42. The van der Waals surface area contributed by atoms with Crippen LogP contribution in [0.3, 0.4) is 0 Å². The molecule has 0 spiro atoms. The van der Waals surface area contributed by atoms with Gasteiger partial charge in [-0.3, -0.25) is 4.79 Å². The summed E-state index contributed by atoms with van der Waals surface area (Å²) < 4.78 is 0. The van der Waals surface area contributed by atoms with Gasteiger partial charge in [-0.15, -0.1) is 0 Å². The number of amides is 1. The van der Waals surface area contributed by atoms with Gasteiger partial charge in [-0.05, 0) is 25.0 Å². The summed E-state index contributed by atoms with van der Waals surface area (Å²) in [6.45, 7) is 0.546. The van der Waals surface area contributed by atoms with E-state index in [1.54, 1.807) is 17.0 Å². The van der Waals surface area contributed by atoms with Gasteiger partial charge in [0.05, 0.1) is 16.1 Å². The van der Waals surface area contributed by atoms with E-state index in [-0.39, 0.29) is 29.7 Å². The van der Waals surface area contributed by atoms with Crippen LogP contribution in [0.2, 0.25) is 10.0 Å². The van der Waals surface area contributed by atoms with E-state index in [0.717, 1.165) is 6.42 Å². The number of carbonyl (C=O) groups excluding carboxylic acids is 1. The molecule has 3 atom stereocenters. The summed E-state index contributed by atoms with van der Waals surface area (Å²) in [6, 6.07) is 2.89. The Bertz CT molecular complexity index is 550. The molecule has 0 aliphatic carbocycles. The number of phenols is 1. The van der Waals surface area contributed by atoms with Gasteiger partial charge in [-0.1, -0.05) is 23.2 Å². The average molecular weight is 301 g/mol. The second-order valence-electron chi connectivity index (χ2n) is 5.21. The van der Waals surface area contributed by atoms with Crippen LogP contribution in [0.5, 0.6) is 5.75 Å². The first-order chi connectivity index (χ1) is 8.99. The Balaban J connectivity index is 1.91. The highest BCUT2D eigenvalue weighted by atomic mass is 35.5. The number of aromatic hydroxyl groups is 1. The third-order valence-electron chi connectivity index (χ3n) is 4.06. The number of hydrogen-bond acceptors (Lipinski definition) is 3. The molecular weight excluding hydrogens is 287 g/mol. The lowest BCUT2D eigenvalue weighted by atomic mass is 9.93. The third-order valence-corrected chi connectivity index (χ3v) is 4.88. The van der Waals surface area contributed by atoms with Crippen LogP contribution in [0.1, 0.15) is 24.3 Å². The van der Waals surface area contributed by atoms with Gasteiger partial charge < -0.3 is 15.7 Å². The Labute approximate surface area is 121 Å². The monoisotopic (exact) mass is 300 g/mol. The van der Waals surface area contributed by atoms with Crippen LogP contribution in [0, 0.1) is 0 Å². The lowest BCUT2D eigenvalue weighted by molar-refractivity contribution is -0.128. The average Bonchev–Trinajstić information content (AvgIpc) is 2.86. The van der Waals surface area contributed by atoms with Gasteiger partial charge in [0.2, 0.25) is 5.91 Å². The van der Waals surface area contributed by atoms with Crippen LogP contribution in [0.15, 0.2) is 12.1 Å². The first-order valence-corrected chi connectivity index (χ1v) is 6.97. The molecule has 1 amide bonds. The van der Waals surface area contributed by atoms with Crippen molar-refractivity contribution in [3.63, 3.8) is 0 Å². The number of nitrogens with two attached hydrogens (primary N) is 1. The molecule has 0 saturated carbocycles. The summed E-state index contributed by atoms with van der Waals surface area (Å²) in [6.07, 6.45) is 1.45. The van der Waals surface area contributed by atoms with Crippen LogP contribution in [-0.2, 0) is 4.79 Å². The van der Waals surface area contributed by atoms with Gasteiger partial charge in [0.25, 0.3) is 0 Å². The Kier molecular flexibility index (Phi) is 3.12. The molecule has 3 N–H and O–H groups in total. The molecule has 0 bridgehead atoms. The van der Waals surface area contributed by atoms with E-state index < -0.39 is 0 Å². The fourth-order valence-corrected chi connectivity index (χ4v) is 3.65. The fraction of sp³-hybridized carbons (Fsp3) is 0.462. The highest BCUT2D eigenvalue weighted by Gasteiger charge is 2.45. The second kappa shape index (κ2) is 4.54. The maximum atomic E-state index is 11.9. The summed E-state index contributed by atoms with van der Waals surface area (Å²) in [4.78, 5) is 13.7. The van der Waals surface area contributed by atoms with Crippen molar-refractivity contribution in [3.05, 3.63) is 27.7 Å². The van der Waals surface area contributed by atoms with Crippen LogP contribution < -0.4 is 5.73 Å². The quantitative estimate of drug-likeness (QED) is 0.835. The molecule has 0 aromatic heterocycles. The largest absolute Gasteiger partial charge is 0.508 e. The number of rotatable bonds is 1. The van der Waals surface area contributed by atoms with Crippen molar-refractivity contribution in [1.29, 1.82) is 0 Å². The Morgan fingerprint density at radius 3 is 2.74 bits per heavy atom. The summed E-state index contributed by atoms with van der Waals surface area (Å²) in [5.74, 6) is 0.148. The van der Waals surface area contributed by atoms with Gasteiger partial charge >= 0.3 is 0 Å². The first-order valence-electron chi connectivity index (χ1n) is 6.22. The normalized spacial score (nSPS) is 29.9. The molecule has 6 heteroatoms. The molecule has 2 aliphatic rings. The van der Waals surface area contributed by atoms with Crippen molar-refractivity contribution in [2.45, 2.75) is 30.8 Å². The van der Waals surface area contributed by atoms with E-state index in [0.29, 0.717) is 28.6 Å². The SMILES string of the molecule is NC1CC2C[C@H](c3c(O)ccc(Cl)c3Cl)CN2C1=O. The lowest BCUT2D eigenvalue weighted by Crippen LogP contribution is -2.34. The van der Waals surface area contributed by atoms with Crippen molar-refractivity contribution in [1.82, 2.24) is 4.90 Å². The van der Waals surface area contributed by atoms with Crippen molar-refractivity contribution in [2.24, 2.45) is 5.73 Å². The molecule has 1 aromatic carbocycles. The summed E-state index contributed by atoms with van der Waals surface area (Å²) in [5.41, 5.74) is 6.39. The highest BCUT2D eigenvalue weighted by Crippen LogP contribution is 2.44. The maximum Gasteiger partial charge on any atom is 0.239 e. The van der Waals surface area contributed by atoms with Crippen molar-refractivity contribution < 1.29 is 9.90 Å². The number of nitrogens with zero attached hydrogens (tertiary/aromatic N) is 1. The number of fused-ring (bicyclic) bond motifs is 1.